The molecule has 1 aliphatic carbocycles. The highest BCUT2D eigenvalue weighted by molar-refractivity contribution is 5.97. The fourth-order valence-electron chi connectivity index (χ4n) is 11.1. The summed E-state index contributed by atoms with van der Waals surface area (Å²) in [4.78, 5) is 4.85. The van der Waals surface area contributed by atoms with Crippen LogP contribution in [0.1, 0.15) is 22.3 Å². The van der Waals surface area contributed by atoms with E-state index in [1.54, 1.807) is 0 Å². The Labute approximate surface area is 404 Å². The Morgan fingerprint density at radius 3 is 1.04 bits per heavy atom. The minimum atomic E-state index is -0.520. The van der Waals surface area contributed by atoms with E-state index in [4.69, 9.17) is 0 Å². The lowest BCUT2D eigenvalue weighted by atomic mass is 9.64. The van der Waals surface area contributed by atoms with E-state index in [1.165, 1.54) is 89.3 Å². The molecule has 0 unspecified atom stereocenters. The van der Waals surface area contributed by atoms with Crippen molar-refractivity contribution in [3.05, 3.63) is 301 Å². The zero-order valence-electron chi connectivity index (χ0n) is 38.0. The van der Waals surface area contributed by atoms with E-state index < -0.39 is 5.41 Å². The zero-order valence-corrected chi connectivity index (χ0v) is 38.0. The second kappa shape index (κ2) is 16.7. The molecule has 0 atom stereocenters. The molecule has 1 aliphatic heterocycles. The van der Waals surface area contributed by atoms with Crippen molar-refractivity contribution < 1.29 is 0 Å². The first-order valence-corrected chi connectivity index (χ1v) is 23.8. The van der Waals surface area contributed by atoms with Gasteiger partial charge in [-0.1, -0.05) is 218 Å². The summed E-state index contributed by atoms with van der Waals surface area (Å²) in [7, 11) is 0. The van der Waals surface area contributed by atoms with Crippen LogP contribution in [0.5, 0.6) is 0 Å². The van der Waals surface area contributed by atoms with Gasteiger partial charge in [0.05, 0.1) is 16.8 Å². The maximum Gasteiger partial charge on any atom is 0.0754 e. The van der Waals surface area contributed by atoms with Gasteiger partial charge in [-0.2, -0.15) is 0 Å². The number of rotatable bonds is 8. The lowest BCUT2D eigenvalue weighted by molar-refractivity contribution is 0.752. The van der Waals surface area contributed by atoms with Crippen molar-refractivity contribution in [1.29, 1.82) is 0 Å². The topological polar surface area (TPSA) is 6.48 Å². The highest BCUT2D eigenvalue weighted by Gasteiger charge is 2.51. The molecule has 2 aliphatic rings. The summed E-state index contributed by atoms with van der Waals surface area (Å²) in [6.45, 7) is 0. The second-order valence-electron chi connectivity index (χ2n) is 18.0. The average molecular weight is 879 g/mol. The summed E-state index contributed by atoms with van der Waals surface area (Å²) in [5.74, 6) is 0. The Bertz CT molecular complexity index is 3570. The van der Waals surface area contributed by atoms with Crippen LogP contribution >= 0.6 is 0 Å². The van der Waals surface area contributed by atoms with Crippen LogP contribution in [-0.2, 0) is 5.41 Å². The van der Waals surface area contributed by atoms with Crippen molar-refractivity contribution in [2.24, 2.45) is 0 Å². The van der Waals surface area contributed by atoms with E-state index in [0.717, 1.165) is 22.7 Å². The summed E-state index contributed by atoms with van der Waals surface area (Å²) >= 11 is 0. The fourth-order valence-corrected chi connectivity index (χ4v) is 11.1. The Kier molecular flexibility index (Phi) is 9.77. The number of nitrogens with zero attached hydrogens (tertiary/aromatic N) is 2. The fraction of sp³-hybridized carbons (Fsp3) is 0.0149. The molecule has 11 aromatic carbocycles. The predicted molar refractivity (Wildman–Crippen MR) is 288 cm³/mol. The SMILES string of the molecule is c1ccc(-c2ccc(-c3ccc(-c4ccc(N(c5ccc(-c6ccccc6)cc5)c5ccc6c(c5)-c5ccccc5C65c6ccccc6N(c6ccccc6)c6ccccc65)cc4)cc3)cc2)cc1. The van der Waals surface area contributed by atoms with Gasteiger partial charge in [0.2, 0.25) is 0 Å². The lowest BCUT2D eigenvalue weighted by Crippen LogP contribution is -2.36. The molecule has 13 rings (SSSR count). The highest BCUT2D eigenvalue weighted by atomic mass is 15.2. The third-order valence-electron chi connectivity index (χ3n) is 14.3. The lowest BCUT2D eigenvalue weighted by Gasteiger charge is -2.45. The Morgan fingerprint density at radius 1 is 0.246 bits per heavy atom. The molecule has 2 heteroatoms. The van der Waals surface area contributed by atoms with E-state index in [-0.39, 0.29) is 0 Å². The van der Waals surface area contributed by atoms with E-state index in [2.05, 4.69) is 289 Å². The Morgan fingerprint density at radius 2 is 0.580 bits per heavy atom. The minimum absolute atomic E-state index is 0.520. The summed E-state index contributed by atoms with van der Waals surface area (Å²) in [6, 6.07) is 102. The molecule has 0 saturated carbocycles. The zero-order chi connectivity index (χ0) is 45.7. The molecule has 324 valence electrons. The van der Waals surface area contributed by atoms with Crippen LogP contribution in [0.25, 0.3) is 55.6 Å². The van der Waals surface area contributed by atoms with E-state index >= 15 is 0 Å². The summed E-state index contributed by atoms with van der Waals surface area (Å²) in [6.07, 6.45) is 0. The van der Waals surface area contributed by atoms with Crippen molar-refractivity contribution in [2.45, 2.75) is 5.41 Å². The summed E-state index contributed by atoms with van der Waals surface area (Å²) in [5.41, 5.74) is 23.6. The molecule has 0 amide bonds. The molecule has 0 aromatic heterocycles. The molecule has 1 heterocycles. The van der Waals surface area contributed by atoms with Gasteiger partial charge in [0.25, 0.3) is 0 Å². The minimum Gasteiger partial charge on any atom is -0.310 e. The highest BCUT2D eigenvalue weighted by Crippen LogP contribution is 2.63. The Hall–Kier alpha value is -8.98. The van der Waals surface area contributed by atoms with E-state index in [1.807, 2.05) is 0 Å². The van der Waals surface area contributed by atoms with E-state index in [0.29, 0.717) is 0 Å². The molecule has 0 bridgehead atoms. The molecule has 11 aromatic rings. The number of fused-ring (bicyclic) bond motifs is 9. The first-order valence-electron chi connectivity index (χ1n) is 23.8. The largest absolute Gasteiger partial charge is 0.310 e. The number of hydrogen-bond donors (Lipinski definition) is 0. The monoisotopic (exact) mass is 878 g/mol. The number of hydrogen-bond acceptors (Lipinski definition) is 2. The molecule has 1 spiro atoms. The number of para-hydroxylation sites is 3. The van der Waals surface area contributed by atoms with Crippen LogP contribution < -0.4 is 9.80 Å². The van der Waals surface area contributed by atoms with Gasteiger partial charge < -0.3 is 9.80 Å². The molecule has 0 N–H and O–H groups in total. The molecular formula is C67H46N2. The summed E-state index contributed by atoms with van der Waals surface area (Å²) in [5, 5.41) is 0. The first kappa shape index (κ1) is 40.3. The van der Waals surface area contributed by atoms with Crippen LogP contribution in [0, 0.1) is 0 Å². The van der Waals surface area contributed by atoms with Crippen LogP contribution in [0.3, 0.4) is 0 Å². The van der Waals surface area contributed by atoms with Crippen molar-refractivity contribution in [2.75, 3.05) is 9.80 Å². The van der Waals surface area contributed by atoms with Gasteiger partial charge in [0.1, 0.15) is 0 Å². The van der Waals surface area contributed by atoms with Gasteiger partial charge in [0.15, 0.2) is 0 Å². The normalized spacial score (nSPS) is 12.7. The number of anilines is 6. The smallest absolute Gasteiger partial charge is 0.0754 e. The van der Waals surface area contributed by atoms with Gasteiger partial charge in [0, 0.05) is 22.7 Å². The third-order valence-corrected chi connectivity index (χ3v) is 14.3. The molecule has 0 saturated heterocycles. The van der Waals surface area contributed by atoms with Crippen LogP contribution in [0.2, 0.25) is 0 Å². The standard InChI is InChI=1S/C67H46N2/c1-4-16-47(17-5-1)49-28-30-50(31-29-49)51-32-34-52(35-33-51)54-38-42-57(43-39-54)68(56-40-36-53(37-41-56)48-18-6-2-7-19-48)58-44-45-62-60(46-58)59-22-10-11-23-61(59)67(62)63-24-12-14-26-65(63)69(55-20-8-3-9-21-55)66-27-15-13-25-64(66)67/h1-46H. The van der Waals surface area contributed by atoms with Crippen molar-refractivity contribution >= 4 is 34.1 Å². The second-order valence-corrected chi connectivity index (χ2v) is 18.0. The van der Waals surface area contributed by atoms with Crippen molar-refractivity contribution in [3.8, 4) is 55.6 Å². The van der Waals surface area contributed by atoms with Gasteiger partial charge in [-0.15, -0.1) is 0 Å². The van der Waals surface area contributed by atoms with Crippen LogP contribution in [0.4, 0.5) is 34.1 Å². The van der Waals surface area contributed by atoms with Gasteiger partial charge >= 0.3 is 0 Å². The van der Waals surface area contributed by atoms with Crippen LogP contribution in [-0.4, -0.2) is 0 Å². The van der Waals surface area contributed by atoms with Gasteiger partial charge in [-0.25, -0.2) is 0 Å². The van der Waals surface area contributed by atoms with Gasteiger partial charge in [-0.3, -0.25) is 0 Å². The maximum atomic E-state index is 2.44. The molecule has 69 heavy (non-hydrogen) atoms. The average Bonchev–Trinajstić information content (AvgIpc) is 3.72. The summed E-state index contributed by atoms with van der Waals surface area (Å²) < 4.78 is 0. The molecule has 0 radical (unpaired) electrons. The molecule has 2 nitrogen and oxygen atoms in total. The van der Waals surface area contributed by atoms with Crippen molar-refractivity contribution in [3.63, 3.8) is 0 Å². The third kappa shape index (κ3) is 6.72. The van der Waals surface area contributed by atoms with Crippen LogP contribution in [0.15, 0.2) is 279 Å². The maximum absolute atomic E-state index is 2.44. The molecule has 0 fully saturated rings. The molecular weight excluding hydrogens is 833 g/mol. The first-order chi connectivity index (χ1) is 34.2. The predicted octanol–water partition coefficient (Wildman–Crippen LogP) is 18.0. The van der Waals surface area contributed by atoms with Gasteiger partial charge in [-0.05, 0) is 139 Å². The number of benzene rings is 11. The Balaban J connectivity index is 0.910. The van der Waals surface area contributed by atoms with E-state index in [9.17, 15) is 0 Å². The van der Waals surface area contributed by atoms with Crippen molar-refractivity contribution in [1.82, 2.24) is 0 Å². The quantitative estimate of drug-likeness (QED) is 0.150.